The van der Waals surface area contributed by atoms with Crippen molar-refractivity contribution in [2.75, 3.05) is 26.2 Å². The topological polar surface area (TPSA) is 52.2 Å². The highest BCUT2D eigenvalue weighted by Gasteiger charge is 2.23. The van der Waals surface area contributed by atoms with Gasteiger partial charge < -0.3 is 14.4 Å². The Balaban J connectivity index is 1.76. The molecule has 1 atom stereocenters. The summed E-state index contributed by atoms with van der Waals surface area (Å²) in [5.74, 6) is 1.14. The van der Waals surface area contributed by atoms with E-state index in [1.165, 1.54) is 0 Å². The van der Waals surface area contributed by atoms with Gasteiger partial charge in [0.15, 0.2) is 0 Å². The van der Waals surface area contributed by atoms with Crippen molar-refractivity contribution in [3.63, 3.8) is 0 Å². The van der Waals surface area contributed by atoms with Gasteiger partial charge in [-0.3, -0.25) is 9.41 Å². The fourth-order valence-corrected chi connectivity index (χ4v) is 3.82. The number of likely N-dealkylation sites (tertiary alicyclic amines) is 1. The minimum absolute atomic E-state index is 0.148. The second-order valence-electron chi connectivity index (χ2n) is 6.88. The second kappa shape index (κ2) is 8.21. The SMILES string of the molecule is CC1=C(/c2coc(C)c2)N(Cl)CC(CN2CCC(O)CC2)\C=C/C=N/1. The van der Waals surface area contributed by atoms with E-state index in [2.05, 4.69) is 16.0 Å². The Morgan fingerprint density at radius 2 is 2.08 bits per heavy atom. The highest BCUT2D eigenvalue weighted by molar-refractivity contribution is 6.17. The summed E-state index contributed by atoms with van der Waals surface area (Å²) in [5, 5.41) is 9.68. The number of hydrogen-bond acceptors (Lipinski definition) is 5. The van der Waals surface area contributed by atoms with Gasteiger partial charge in [0.2, 0.25) is 0 Å². The van der Waals surface area contributed by atoms with Crippen LogP contribution in [0.5, 0.6) is 0 Å². The zero-order chi connectivity index (χ0) is 17.8. The predicted octanol–water partition coefficient (Wildman–Crippen LogP) is 3.45. The Morgan fingerprint density at radius 3 is 2.76 bits per heavy atom. The maximum atomic E-state index is 9.68. The van der Waals surface area contributed by atoms with E-state index in [4.69, 9.17) is 16.2 Å². The molecule has 0 aromatic carbocycles. The standard InChI is InChI=1S/C19H26ClN3O2/c1-14-10-17(13-25-14)19-15(2)21-7-3-4-16(12-23(19)20)11-22-8-5-18(24)6-9-22/h3-4,7,10,13,16,18,24H,5-6,8-9,11-12H2,1-2H3/b4-3-,19-15-,21-7+. The molecule has 136 valence electrons. The van der Waals surface area contributed by atoms with Gasteiger partial charge in [0.25, 0.3) is 0 Å². The summed E-state index contributed by atoms with van der Waals surface area (Å²) < 4.78 is 7.22. The van der Waals surface area contributed by atoms with Crippen LogP contribution in [0.2, 0.25) is 0 Å². The summed E-state index contributed by atoms with van der Waals surface area (Å²) >= 11 is 6.67. The quantitative estimate of drug-likeness (QED) is 0.836. The van der Waals surface area contributed by atoms with Crippen LogP contribution in [0.15, 0.2) is 39.6 Å². The number of nitrogens with zero attached hydrogens (tertiary/aromatic N) is 3. The van der Waals surface area contributed by atoms with E-state index in [9.17, 15) is 5.11 Å². The molecule has 0 amide bonds. The van der Waals surface area contributed by atoms with Crippen LogP contribution >= 0.6 is 11.8 Å². The normalized spacial score (nSPS) is 29.1. The van der Waals surface area contributed by atoms with E-state index in [-0.39, 0.29) is 12.0 Å². The summed E-state index contributed by atoms with van der Waals surface area (Å²) in [5.41, 5.74) is 2.70. The Labute approximate surface area is 154 Å². The molecule has 5 nitrogen and oxygen atoms in total. The molecule has 6 heteroatoms. The highest BCUT2D eigenvalue weighted by Crippen LogP contribution is 2.29. The lowest BCUT2D eigenvalue weighted by Crippen LogP contribution is -2.40. The summed E-state index contributed by atoms with van der Waals surface area (Å²) in [6, 6.07) is 1.98. The molecule has 2 aliphatic heterocycles. The lowest BCUT2D eigenvalue weighted by Gasteiger charge is -2.33. The van der Waals surface area contributed by atoms with E-state index in [1.54, 1.807) is 10.7 Å². The summed E-state index contributed by atoms with van der Waals surface area (Å²) in [6.45, 7) is 7.37. The smallest absolute Gasteiger partial charge is 0.101 e. The molecule has 1 saturated heterocycles. The number of hydrogen-bond donors (Lipinski definition) is 1. The van der Waals surface area contributed by atoms with Gasteiger partial charge in [-0.05, 0) is 38.8 Å². The molecule has 1 unspecified atom stereocenters. The van der Waals surface area contributed by atoms with Crippen LogP contribution < -0.4 is 0 Å². The lowest BCUT2D eigenvalue weighted by molar-refractivity contribution is 0.0772. The first kappa shape index (κ1) is 18.2. The molecule has 2 aliphatic rings. The lowest BCUT2D eigenvalue weighted by atomic mass is 10.0. The number of furan rings is 1. The fourth-order valence-electron chi connectivity index (χ4n) is 3.43. The highest BCUT2D eigenvalue weighted by atomic mass is 35.5. The third-order valence-electron chi connectivity index (χ3n) is 4.77. The van der Waals surface area contributed by atoms with Crippen LogP contribution in [-0.4, -0.2) is 52.9 Å². The number of aliphatic hydroxyl groups excluding tert-OH is 1. The average Bonchev–Trinajstić information content (AvgIpc) is 3.00. The monoisotopic (exact) mass is 363 g/mol. The number of allylic oxidation sites excluding steroid dienone is 2. The van der Waals surface area contributed by atoms with E-state index in [0.29, 0.717) is 6.54 Å². The van der Waals surface area contributed by atoms with Crippen molar-refractivity contribution in [2.24, 2.45) is 10.9 Å². The van der Waals surface area contributed by atoms with Crippen molar-refractivity contribution in [2.45, 2.75) is 32.8 Å². The summed E-state index contributed by atoms with van der Waals surface area (Å²) in [4.78, 5) is 6.91. The first-order valence-electron chi connectivity index (χ1n) is 8.84. The molecule has 0 bridgehead atoms. The molecule has 0 saturated carbocycles. The molecule has 3 rings (SSSR count). The van der Waals surface area contributed by atoms with E-state index >= 15 is 0 Å². The average molecular weight is 364 g/mol. The molecule has 1 fully saturated rings. The largest absolute Gasteiger partial charge is 0.469 e. The number of aliphatic imine (C=N–C) groups is 1. The molecular weight excluding hydrogens is 338 g/mol. The van der Waals surface area contributed by atoms with Crippen LogP contribution in [-0.2, 0) is 0 Å². The number of aliphatic hydroxyl groups is 1. The zero-order valence-corrected chi connectivity index (χ0v) is 15.6. The summed E-state index contributed by atoms with van der Waals surface area (Å²) in [6.07, 6.45) is 9.27. The minimum Gasteiger partial charge on any atom is -0.469 e. The predicted molar refractivity (Wildman–Crippen MR) is 101 cm³/mol. The van der Waals surface area contributed by atoms with Crippen LogP contribution in [0.25, 0.3) is 5.70 Å². The van der Waals surface area contributed by atoms with Gasteiger partial charge in [-0.2, -0.15) is 0 Å². The second-order valence-corrected chi connectivity index (χ2v) is 7.29. The Hall–Kier alpha value is -1.56. The van der Waals surface area contributed by atoms with Gasteiger partial charge in [-0.1, -0.05) is 6.08 Å². The van der Waals surface area contributed by atoms with Crippen molar-refractivity contribution in [3.8, 4) is 0 Å². The maximum absolute atomic E-state index is 9.68. The van der Waals surface area contributed by atoms with Gasteiger partial charge in [-0.25, -0.2) is 0 Å². The molecule has 1 aromatic heterocycles. The van der Waals surface area contributed by atoms with Gasteiger partial charge >= 0.3 is 0 Å². The van der Waals surface area contributed by atoms with Crippen LogP contribution in [0.1, 0.15) is 31.1 Å². The van der Waals surface area contributed by atoms with E-state index in [0.717, 1.165) is 55.2 Å². The number of rotatable bonds is 3. The first-order valence-corrected chi connectivity index (χ1v) is 9.17. The fraction of sp³-hybridized carbons (Fsp3) is 0.526. The number of halogens is 1. The molecule has 25 heavy (non-hydrogen) atoms. The molecular formula is C19H26ClN3O2. The van der Waals surface area contributed by atoms with Gasteiger partial charge in [0, 0.05) is 55.7 Å². The maximum Gasteiger partial charge on any atom is 0.101 e. The summed E-state index contributed by atoms with van der Waals surface area (Å²) in [7, 11) is 0. The van der Waals surface area contributed by atoms with Crippen LogP contribution in [0.4, 0.5) is 0 Å². The first-order chi connectivity index (χ1) is 12.0. The van der Waals surface area contributed by atoms with Gasteiger partial charge in [0.1, 0.15) is 12.0 Å². The third kappa shape index (κ3) is 4.75. The Bertz CT molecular complexity index is 672. The van der Waals surface area contributed by atoms with Crippen LogP contribution in [0, 0.1) is 12.8 Å². The Kier molecular flexibility index (Phi) is 5.99. The van der Waals surface area contributed by atoms with Crippen molar-refractivity contribution < 1.29 is 9.52 Å². The third-order valence-corrected chi connectivity index (χ3v) is 5.08. The van der Waals surface area contributed by atoms with Crippen molar-refractivity contribution >= 4 is 23.7 Å². The molecule has 0 radical (unpaired) electrons. The van der Waals surface area contributed by atoms with Crippen molar-refractivity contribution in [1.29, 1.82) is 0 Å². The van der Waals surface area contributed by atoms with E-state index < -0.39 is 0 Å². The molecule has 0 aliphatic carbocycles. The molecule has 3 heterocycles. The van der Waals surface area contributed by atoms with Crippen LogP contribution in [0.3, 0.4) is 0 Å². The van der Waals surface area contributed by atoms with Crippen molar-refractivity contribution in [1.82, 2.24) is 9.32 Å². The number of piperidine rings is 1. The molecule has 1 aromatic rings. The van der Waals surface area contributed by atoms with E-state index in [1.807, 2.05) is 32.2 Å². The Morgan fingerprint density at radius 1 is 1.32 bits per heavy atom. The van der Waals surface area contributed by atoms with Gasteiger partial charge in [0.05, 0.1) is 17.5 Å². The number of aryl methyl sites for hydroxylation is 1. The minimum atomic E-state index is -0.148. The van der Waals surface area contributed by atoms with Gasteiger partial charge in [-0.15, -0.1) is 0 Å². The molecule has 1 N–H and O–H groups in total. The van der Waals surface area contributed by atoms with Crippen molar-refractivity contribution in [3.05, 3.63) is 41.5 Å². The zero-order valence-electron chi connectivity index (χ0n) is 14.9. The molecule has 0 spiro atoms.